The van der Waals surface area contributed by atoms with Gasteiger partial charge < -0.3 is 5.32 Å². The first-order valence-electron chi connectivity index (χ1n) is 9.43. The Hall–Kier alpha value is -2.50. The van der Waals surface area contributed by atoms with Crippen LogP contribution in [0.4, 0.5) is 5.69 Å². The predicted octanol–water partition coefficient (Wildman–Crippen LogP) is 4.88. The summed E-state index contributed by atoms with van der Waals surface area (Å²) in [7, 11) is 2.10. The number of thiazole rings is 1. The van der Waals surface area contributed by atoms with Crippen molar-refractivity contribution in [1.82, 2.24) is 9.88 Å². The highest BCUT2D eigenvalue weighted by atomic mass is 32.1. The lowest BCUT2D eigenvalue weighted by Gasteiger charge is -2.17. The third kappa shape index (κ3) is 5.75. The van der Waals surface area contributed by atoms with Crippen LogP contribution in [0.15, 0.2) is 47.8 Å². The number of aromatic nitrogens is 1. The first kappa shape index (κ1) is 20.2. The van der Waals surface area contributed by atoms with Crippen LogP contribution in [0.2, 0.25) is 0 Å². The van der Waals surface area contributed by atoms with Crippen molar-refractivity contribution < 1.29 is 4.79 Å². The lowest BCUT2D eigenvalue weighted by atomic mass is 10.1. The molecule has 0 aliphatic heterocycles. The fourth-order valence-corrected chi connectivity index (χ4v) is 3.91. The van der Waals surface area contributed by atoms with Crippen LogP contribution in [0.25, 0.3) is 0 Å². The minimum atomic E-state index is -0.0339. The Kier molecular flexibility index (Phi) is 6.60. The molecule has 1 N–H and O–H groups in total. The fourth-order valence-electron chi connectivity index (χ4n) is 3.13. The molecular formula is C23H27N3OS. The number of nitrogens with zero attached hydrogens (tertiary/aromatic N) is 2. The first-order valence-corrected chi connectivity index (χ1v) is 10.3. The molecule has 146 valence electrons. The van der Waals surface area contributed by atoms with E-state index < -0.39 is 0 Å². The van der Waals surface area contributed by atoms with E-state index in [1.54, 1.807) is 11.3 Å². The zero-order chi connectivity index (χ0) is 20.1. The number of hydrogen-bond acceptors (Lipinski definition) is 4. The van der Waals surface area contributed by atoms with Gasteiger partial charge in [-0.2, -0.15) is 0 Å². The van der Waals surface area contributed by atoms with Gasteiger partial charge in [-0.05, 0) is 51.1 Å². The van der Waals surface area contributed by atoms with Crippen molar-refractivity contribution in [1.29, 1.82) is 0 Å². The number of benzene rings is 2. The molecule has 0 saturated heterocycles. The SMILES string of the molecule is Cc1ccc(NC(=O)Cc2nc(CN(C)Cc3ccc(C)cc3C)cs2)cc1. The van der Waals surface area contributed by atoms with Crippen molar-refractivity contribution >= 4 is 22.9 Å². The van der Waals surface area contributed by atoms with Crippen molar-refractivity contribution in [3.05, 3.63) is 80.8 Å². The van der Waals surface area contributed by atoms with E-state index in [1.807, 2.05) is 36.6 Å². The van der Waals surface area contributed by atoms with Crippen molar-refractivity contribution in [2.45, 2.75) is 40.3 Å². The van der Waals surface area contributed by atoms with Crippen LogP contribution >= 0.6 is 11.3 Å². The Morgan fingerprint density at radius 1 is 1.04 bits per heavy atom. The van der Waals surface area contributed by atoms with E-state index in [0.717, 1.165) is 29.5 Å². The summed E-state index contributed by atoms with van der Waals surface area (Å²) in [6, 6.07) is 14.4. The highest BCUT2D eigenvalue weighted by Gasteiger charge is 2.11. The Labute approximate surface area is 171 Å². The molecule has 0 aliphatic carbocycles. The van der Waals surface area contributed by atoms with Crippen molar-refractivity contribution in [3.63, 3.8) is 0 Å². The minimum Gasteiger partial charge on any atom is -0.326 e. The summed E-state index contributed by atoms with van der Waals surface area (Å²) < 4.78 is 0. The van der Waals surface area contributed by atoms with Gasteiger partial charge in [0.15, 0.2) is 0 Å². The molecule has 0 bridgehead atoms. The first-order chi connectivity index (χ1) is 13.4. The number of hydrogen-bond donors (Lipinski definition) is 1. The van der Waals surface area contributed by atoms with E-state index in [9.17, 15) is 4.79 Å². The maximum Gasteiger partial charge on any atom is 0.231 e. The second kappa shape index (κ2) is 9.13. The van der Waals surface area contributed by atoms with Gasteiger partial charge in [-0.1, -0.05) is 41.5 Å². The summed E-state index contributed by atoms with van der Waals surface area (Å²) >= 11 is 1.55. The number of aryl methyl sites for hydroxylation is 3. The highest BCUT2D eigenvalue weighted by Crippen LogP contribution is 2.17. The summed E-state index contributed by atoms with van der Waals surface area (Å²) in [5, 5.41) is 5.82. The van der Waals surface area contributed by atoms with Crippen LogP contribution in [0.5, 0.6) is 0 Å². The van der Waals surface area contributed by atoms with Crippen LogP contribution < -0.4 is 5.32 Å². The average Bonchev–Trinajstić information content (AvgIpc) is 3.06. The average molecular weight is 394 g/mol. The molecule has 4 nitrogen and oxygen atoms in total. The smallest absolute Gasteiger partial charge is 0.231 e. The standard InChI is InChI=1S/C23H27N3OS/c1-16-6-9-20(10-7-16)24-22(27)12-23-25-21(15-28-23)14-26(4)13-19-8-5-17(2)11-18(19)3/h5-11,15H,12-14H2,1-4H3,(H,24,27). The summed E-state index contributed by atoms with van der Waals surface area (Å²) in [5.74, 6) is -0.0339. The maximum absolute atomic E-state index is 12.2. The van der Waals surface area contributed by atoms with Crippen molar-refractivity contribution in [3.8, 4) is 0 Å². The van der Waals surface area contributed by atoms with Gasteiger partial charge in [0, 0.05) is 24.2 Å². The molecule has 3 aromatic rings. The number of anilines is 1. The maximum atomic E-state index is 12.2. The second-order valence-electron chi connectivity index (χ2n) is 7.43. The third-order valence-corrected chi connectivity index (χ3v) is 5.51. The highest BCUT2D eigenvalue weighted by molar-refractivity contribution is 7.09. The summed E-state index contributed by atoms with van der Waals surface area (Å²) in [6.45, 7) is 7.95. The van der Waals surface area contributed by atoms with Crippen LogP contribution in [-0.2, 0) is 24.3 Å². The number of rotatable bonds is 7. The van der Waals surface area contributed by atoms with Crippen molar-refractivity contribution in [2.75, 3.05) is 12.4 Å². The molecule has 2 aromatic carbocycles. The molecule has 1 amide bonds. The van der Waals surface area contributed by atoms with Gasteiger partial charge in [0.05, 0.1) is 12.1 Å². The van der Waals surface area contributed by atoms with E-state index in [4.69, 9.17) is 0 Å². The minimum absolute atomic E-state index is 0.0339. The second-order valence-corrected chi connectivity index (χ2v) is 8.37. The summed E-state index contributed by atoms with van der Waals surface area (Å²) in [4.78, 5) is 19.1. The molecule has 0 fully saturated rings. The normalized spacial score (nSPS) is 11.0. The van der Waals surface area contributed by atoms with E-state index >= 15 is 0 Å². The van der Waals surface area contributed by atoms with Gasteiger partial charge >= 0.3 is 0 Å². The lowest BCUT2D eigenvalue weighted by molar-refractivity contribution is -0.115. The van der Waals surface area contributed by atoms with Crippen LogP contribution in [0.1, 0.15) is 33.0 Å². The Balaban J connectivity index is 1.53. The zero-order valence-corrected chi connectivity index (χ0v) is 17.8. The van der Waals surface area contributed by atoms with Crippen LogP contribution in [0.3, 0.4) is 0 Å². The summed E-state index contributed by atoms with van der Waals surface area (Å²) in [6.07, 6.45) is 0.305. The number of carbonyl (C=O) groups excluding carboxylic acids is 1. The monoisotopic (exact) mass is 393 g/mol. The van der Waals surface area contributed by atoms with Gasteiger partial charge in [-0.25, -0.2) is 4.98 Å². The molecule has 0 spiro atoms. The topological polar surface area (TPSA) is 45.2 Å². The number of amides is 1. The number of nitrogens with one attached hydrogen (secondary N) is 1. The Morgan fingerprint density at radius 3 is 2.46 bits per heavy atom. The van der Waals surface area contributed by atoms with Gasteiger partial charge in [0.2, 0.25) is 5.91 Å². The lowest BCUT2D eigenvalue weighted by Crippen LogP contribution is -2.18. The van der Waals surface area contributed by atoms with E-state index in [1.165, 1.54) is 22.3 Å². The molecule has 0 aliphatic rings. The van der Waals surface area contributed by atoms with Gasteiger partial charge in [-0.15, -0.1) is 11.3 Å². The molecule has 0 saturated carbocycles. The Bertz CT molecular complexity index is 947. The Morgan fingerprint density at radius 2 is 1.75 bits per heavy atom. The molecule has 0 radical (unpaired) electrons. The zero-order valence-electron chi connectivity index (χ0n) is 17.0. The molecular weight excluding hydrogens is 366 g/mol. The van der Waals surface area contributed by atoms with E-state index in [2.05, 4.69) is 54.3 Å². The summed E-state index contributed by atoms with van der Waals surface area (Å²) in [5.41, 5.74) is 6.94. The van der Waals surface area contributed by atoms with Crippen LogP contribution in [0, 0.1) is 20.8 Å². The molecule has 5 heteroatoms. The predicted molar refractivity (Wildman–Crippen MR) is 117 cm³/mol. The van der Waals surface area contributed by atoms with Gasteiger partial charge in [-0.3, -0.25) is 9.69 Å². The molecule has 3 rings (SSSR count). The molecule has 1 heterocycles. The fraction of sp³-hybridized carbons (Fsp3) is 0.304. The molecule has 1 aromatic heterocycles. The third-order valence-electron chi connectivity index (χ3n) is 4.62. The van der Waals surface area contributed by atoms with Crippen LogP contribution in [-0.4, -0.2) is 22.8 Å². The molecule has 0 atom stereocenters. The van der Waals surface area contributed by atoms with E-state index in [0.29, 0.717) is 6.42 Å². The van der Waals surface area contributed by atoms with E-state index in [-0.39, 0.29) is 5.91 Å². The molecule has 28 heavy (non-hydrogen) atoms. The van der Waals surface area contributed by atoms with Gasteiger partial charge in [0.25, 0.3) is 0 Å². The van der Waals surface area contributed by atoms with Gasteiger partial charge in [0.1, 0.15) is 5.01 Å². The number of carbonyl (C=O) groups is 1. The largest absolute Gasteiger partial charge is 0.326 e. The van der Waals surface area contributed by atoms with Crippen molar-refractivity contribution in [2.24, 2.45) is 0 Å². The quantitative estimate of drug-likeness (QED) is 0.622. The molecule has 0 unspecified atom stereocenters.